The van der Waals surface area contributed by atoms with Gasteiger partial charge in [-0.15, -0.1) is 0 Å². The second kappa shape index (κ2) is 5.65. The third kappa shape index (κ3) is 3.30. The predicted molar refractivity (Wildman–Crippen MR) is 72.6 cm³/mol. The SMILES string of the molecule is Cc1ccccc1CSc1ncc(Br)cc1F. The normalized spacial score (nSPS) is 10.5. The predicted octanol–water partition coefficient (Wildman–Crippen LogP) is 4.58. The Morgan fingerprint density at radius 2 is 2.12 bits per heavy atom. The number of thioether (sulfide) groups is 1. The second-order valence-electron chi connectivity index (χ2n) is 3.66. The average Bonchev–Trinajstić information content (AvgIpc) is 2.30. The quantitative estimate of drug-likeness (QED) is 0.769. The van der Waals surface area contributed by atoms with E-state index in [0.29, 0.717) is 9.50 Å². The second-order valence-corrected chi connectivity index (χ2v) is 5.54. The Labute approximate surface area is 113 Å². The number of benzene rings is 1. The van der Waals surface area contributed by atoms with E-state index in [1.165, 1.54) is 29.0 Å². The van der Waals surface area contributed by atoms with Crippen molar-refractivity contribution >= 4 is 27.7 Å². The van der Waals surface area contributed by atoms with Crippen LogP contribution in [0, 0.1) is 12.7 Å². The molecule has 0 amide bonds. The maximum atomic E-state index is 13.5. The number of nitrogens with zero attached hydrogens (tertiary/aromatic N) is 1. The fourth-order valence-corrected chi connectivity index (χ4v) is 2.67. The van der Waals surface area contributed by atoms with E-state index in [-0.39, 0.29) is 5.82 Å². The summed E-state index contributed by atoms with van der Waals surface area (Å²) in [5, 5.41) is 0.441. The van der Waals surface area contributed by atoms with E-state index < -0.39 is 0 Å². The van der Waals surface area contributed by atoms with Gasteiger partial charge in [-0.3, -0.25) is 0 Å². The van der Waals surface area contributed by atoms with Crippen molar-refractivity contribution in [2.75, 3.05) is 0 Å². The van der Waals surface area contributed by atoms with Crippen LogP contribution in [0.25, 0.3) is 0 Å². The Hall–Kier alpha value is -0.870. The van der Waals surface area contributed by atoms with Crippen molar-refractivity contribution in [1.82, 2.24) is 4.98 Å². The first kappa shape index (κ1) is 12.6. The zero-order valence-corrected chi connectivity index (χ0v) is 11.7. The minimum Gasteiger partial charge on any atom is -0.246 e. The van der Waals surface area contributed by atoms with Gasteiger partial charge in [0.2, 0.25) is 0 Å². The molecule has 88 valence electrons. The molecule has 17 heavy (non-hydrogen) atoms. The lowest BCUT2D eigenvalue weighted by atomic mass is 10.1. The molecule has 0 unspecified atom stereocenters. The van der Waals surface area contributed by atoms with Crippen molar-refractivity contribution in [3.63, 3.8) is 0 Å². The van der Waals surface area contributed by atoms with Crippen LogP contribution >= 0.6 is 27.7 Å². The molecule has 0 radical (unpaired) electrons. The van der Waals surface area contributed by atoms with Crippen LogP contribution in [0.5, 0.6) is 0 Å². The zero-order chi connectivity index (χ0) is 12.3. The van der Waals surface area contributed by atoms with E-state index in [0.717, 1.165) is 5.75 Å². The number of halogens is 2. The van der Waals surface area contributed by atoms with E-state index in [1.807, 2.05) is 12.1 Å². The van der Waals surface area contributed by atoms with Crippen molar-refractivity contribution in [3.8, 4) is 0 Å². The van der Waals surface area contributed by atoms with E-state index in [4.69, 9.17) is 0 Å². The van der Waals surface area contributed by atoms with Crippen LogP contribution in [0.1, 0.15) is 11.1 Å². The highest BCUT2D eigenvalue weighted by atomic mass is 79.9. The molecule has 1 aromatic carbocycles. The fraction of sp³-hybridized carbons (Fsp3) is 0.154. The molecular weight excluding hydrogens is 301 g/mol. The van der Waals surface area contributed by atoms with Gasteiger partial charge in [0.1, 0.15) is 5.03 Å². The molecule has 2 aromatic rings. The summed E-state index contributed by atoms with van der Waals surface area (Å²) in [6, 6.07) is 9.55. The summed E-state index contributed by atoms with van der Waals surface area (Å²) in [7, 11) is 0. The number of hydrogen-bond acceptors (Lipinski definition) is 2. The first-order chi connectivity index (χ1) is 8.16. The molecule has 1 heterocycles. The summed E-state index contributed by atoms with van der Waals surface area (Å²) in [6.45, 7) is 2.06. The molecule has 0 aliphatic heterocycles. The highest BCUT2D eigenvalue weighted by Gasteiger charge is 2.06. The first-order valence-corrected chi connectivity index (χ1v) is 6.93. The highest BCUT2D eigenvalue weighted by molar-refractivity contribution is 9.10. The maximum Gasteiger partial charge on any atom is 0.156 e. The molecule has 0 N–H and O–H groups in total. The third-order valence-corrected chi connectivity index (χ3v) is 3.86. The molecule has 1 nitrogen and oxygen atoms in total. The Balaban J connectivity index is 2.10. The molecule has 0 spiro atoms. The summed E-state index contributed by atoms with van der Waals surface area (Å²) in [4.78, 5) is 4.06. The summed E-state index contributed by atoms with van der Waals surface area (Å²) in [5.41, 5.74) is 2.43. The van der Waals surface area contributed by atoms with Gasteiger partial charge < -0.3 is 0 Å². The standard InChI is InChI=1S/C13H11BrFNS/c1-9-4-2-3-5-10(9)8-17-13-12(15)6-11(14)7-16-13/h2-7H,8H2,1H3. The van der Waals surface area contributed by atoms with E-state index in [2.05, 4.69) is 40.0 Å². The van der Waals surface area contributed by atoms with E-state index in [1.54, 1.807) is 6.20 Å². The summed E-state index contributed by atoms with van der Waals surface area (Å²) in [5.74, 6) is 0.455. The molecule has 0 fully saturated rings. The number of aryl methyl sites for hydroxylation is 1. The van der Waals surface area contributed by atoms with Crippen molar-refractivity contribution in [2.45, 2.75) is 17.7 Å². The van der Waals surface area contributed by atoms with Gasteiger partial charge in [0.15, 0.2) is 5.82 Å². The molecule has 0 saturated heterocycles. The topological polar surface area (TPSA) is 12.9 Å². The maximum absolute atomic E-state index is 13.5. The van der Waals surface area contributed by atoms with Crippen molar-refractivity contribution in [2.24, 2.45) is 0 Å². The van der Waals surface area contributed by atoms with Gasteiger partial charge in [-0.1, -0.05) is 36.0 Å². The van der Waals surface area contributed by atoms with Crippen molar-refractivity contribution in [1.29, 1.82) is 0 Å². The van der Waals surface area contributed by atoms with Crippen molar-refractivity contribution < 1.29 is 4.39 Å². The smallest absolute Gasteiger partial charge is 0.156 e. The Bertz CT molecular complexity index is 531. The minimum atomic E-state index is -0.280. The number of rotatable bonds is 3. The van der Waals surface area contributed by atoms with Gasteiger partial charge in [-0.25, -0.2) is 9.37 Å². The van der Waals surface area contributed by atoms with Crippen LogP contribution in [0.3, 0.4) is 0 Å². The molecule has 0 aliphatic carbocycles. The van der Waals surface area contributed by atoms with Crippen LogP contribution in [-0.4, -0.2) is 4.98 Å². The van der Waals surface area contributed by atoms with Crippen LogP contribution in [0.4, 0.5) is 4.39 Å². The molecule has 0 bridgehead atoms. The minimum absolute atomic E-state index is 0.280. The molecule has 0 saturated carbocycles. The summed E-state index contributed by atoms with van der Waals surface area (Å²) in [6.07, 6.45) is 1.61. The molecule has 1 aromatic heterocycles. The lowest BCUT2D eigenvalue weighted by Crippen LogP contribution is -1.90. The van der Waals surface area contributed by atoms with E-state index in [9.17, 15) is 4.39 Å². The molecule has 4 heteroatoms. The number of aromatic nitrogens is 1. The molecule has 2 rings (SSSR count). The third-order valence-electron chi connectivity index (χ3n) is 2.40. The van der Waals surface area contributed by atoms with Crippen molar-refractivity contribution in [3.05, 3.63) is 57.9 Å². The Morgan fingerprint density at radius 3 is 2.82 bits per heavy atom. The van der Waals surface area contributed by atoms with Crippen LogP contribution in [0.2, 0.25) is 0 Å². The fourth-order valence-electron chi connectivity index (χ4n) is 1.43. The number of pyridine rings is 1. The van der Waals surface area contributed by atoms with Gasteiger partial charge in [-0.2, -0.15) is 0 Å². The van der Waals surface area contributed by atoms with Gasteiger partial charge in [-0.05, 0) is 40.0 Å². The number of hydrogen-bond donors (Lipinski definition) is 0. The molecule has 0 atom stereocenters. The van der Waals surface area contributed by atoms with Gasteiger partial charge in [0.05, 0.1) is 0 Å². The summed E-state index contributed by atoms with van der Waals surface area (Å²) < 4.78 is 14.2. The van der Waals surface area contributed by atoms with Gasteiger partial charge >= 0.3 is 0 Å². The van der Waals surface area contributed by atoms with Crippen LogP contribution in [-0.2, 0) is 5.75 Å². The Kier molecular flexibility index (Phi) is 4.18. The summed E-state index contributed by atoms with van der Waals surface area (Å²) >= 11 is 4.61. The monoisotopic (exact) mass is 311 g/mol. The zero-order valence-electron chi connectivity index (χ0n) is 9.28. The molecule has 0 aliphatic rings. The van der Waals surface area contributed by atoms with Crippen LogP contribution < -0.4 is 0 Å². The lowest BCUT2D eigenvalue weighted by molar-refractivity contribution is 0.586. The Morgan fingerprint density at radius 1 is 1.35 bits per heavy atom. The average molecular weight is 312 g/mol. The largest absolute Gasteiger partial charge is 0.246 e. The lowest BCUT2D eigenvalue weighted by Gasteiger charge is -2.05. The van der Waals surface area contributed by atoms with E-state index >= 15 is 0 Å². The van der Waals surface area contributed by atoms with Gasteiger partial charge in [0.25, 0.3) is 0 Å². The van der Waals surface area contributed by atoms with Crippen LogP contribution in [0.15, 0.2) is 46.0 Å². The molecular formula is C13H11BrFNS. The first-order valence-electron chi connectivity index (χ1n) is 5.15. The van der Waals surface area contributed by atoms with Gasteiger partial charge in [0, 0.05) is 16.4 Å². The highest BCUT2D eigenvalue weighted by Crippen LogP contribution is 2.26.